The number of anilines is 1. The third-order valence-corrected chi connectivity index (χ3v) is 3.71. The van der Waals surface area contributed by atoms with Gasteiger partial charge in [0.1, 0.15) is 0 Å². The summed E-state index contributed by atoms with van der Waals surface area (Å²) in [4.78, 5) is 16.9. The fourth-order valence-electron chi connectivity index (χ4n) is 2.34. The van der Waals surface area contributed by atoms with Crippen molar-refractivity contribution in [2.24, 2.45) is 5.92 Å². The van der Waals surface area contributed by atoms with E-state index in [1.165, 1.54) is 0 Å². The van der Waals surface area contributed by atoms with Crippen molar-refractivity contribution < 1.29 is 4.79 Å². The van der Waals surface area contributed by atoms with Gasteiger partial charge in [-0.2, -0.15) is 0 Å². The zero-order chi connectivity index (χ0) is 11.8. The van der Waals surface area contributed by atoms with Crippen molar-refractivity contribution in [2.45, 2.75) is 6.42 Å². The van der Waals surface area contributed by atoms with Gasteiger partial charge in [-0.05, 0) is 30.2 Å². The number of carbonyl (C=O) groups is 1. The Balaban J connectivity index is 1.95. The molecule has 1 atom stereocenters. The van der Waals surface area contributed by atoms with Crippen LogP contribution in [0, 0.1) is 5.92 Å². The lowest BCUT2D eigenvalue weighted by atomic mass is 10.1. The zero-order valence-electron chi connectivity index (χ0n) is 9.32. The minimum Gasteiger partial charge on any atom is -0.361 e. The van der Waals surface area contributed by atoms with E-state index in [0.29, 0.717) is 12.3 Å². The molecule has 0 radical (unpaired) electrons. The van der Waals surface area contributed by atoms with Crippen LogP contribution in [0.2, 0.25) is 0 Å². The van der Waals surface area contributed by atoms with Crippen LogP contribution in [-0.2, 0) is 4.79 Å². The number of nitrogens with one attached hydrogen (secondary N) is 1. The molecule has 88 valence electrons. The number of hydrogen-bond acceptors (Lipinski definition) is 1. The number of alkyl halides is 1. The predicted octanol–water partition coefficient (Wildman–Crippen LogP) is 2.76. The third-order valence-electron chi connectivity index (χ3n) is 3.27. The molecule has 0 saturated carbocycles. The summed E-state index contributed by atoms with van der Waals surface area (Å²) >= 11 is 5.82. The molecule has 2 heterocycles. The van der Waals surface area contributed by atoms with Crippen LogP contribution in [0.4, 0.5) is 5.69 Å². The Kier molecular flexibility index (Phi) is 2.56. The van der Waals surface area contributed by atoms with Gasteiger partial charge in [-0.15, -0.1) is 11.6 Å². The van der Waals surface area contributed by atoms with Crippen LogP contribution in [0.15, 0.2) is 30.5 Å². The van der Waals surface area contributed by atoms with Gasteiger partial charge in [-0.3, -0.25) is 4.79 Å². The van der Waals surface area contributed by atoms with Gasteiger partial charge in [-0.25, -0.2) is 0 Å². The Morgan fingerprint density at radius 3 is 3.06 bits per heavy atom. The minimum absolute atomic E-state index is 0.172. The Morgan fingerprint density at radius 2 is 2.29 bits per heavy atom. The first kappa shape index (κ1) is 10.7. The van der Waals surface area contributed by atoms with Crippen molar-refractivity contribution in [3.05, 3.63) is 30.5 Å². The smallest absolute Gasteiger partial charge is 0.227 e. The monoisotopic (exact) mass is 248 g/mol. The molecular weight excluding hydrogens is 236 g/mol. The van der Waals surface area contributed by atoms with Crippen LogP contribution in [0.25, 0.3) is 10.9 Å². The van der Waals surface area contributed by atoms with Gasteiger partial charge in [0.05, 0.1) is 0 Å². The molecule has 1 fully saturated rings. The molecule has 1 N–H and O–H groups in total. The summed E-state index contributed by atoms with van der Waals surface area (Å²) in [5, 5.41) is 1.13. The number of carbonyl (C=O) groups excluding carboxylic acids is 1. The van der Waals surface area contributed by atoms with Gasteiger partial charge in [0.15, 0.2) is 0 Å². The lowest BCUT2D eigenvalue weighted by Gasteiger charge is -2.16. The number of aromatic amines is 1. The van der Waals surface area contributed by atoms with Crippen molar-refractivity contribution in [3.63, 3.8) is 0 Å². The molecule has 0 spiro atoms. The largest absolute Gasteiger partial charge is 0.361 e. The summed E-state index contributed by atoms with van der Waals surface area (Å²) in [6.45, 7) is 0.734. The van der Waals surface area contributed by atoms with Crippen molar-refractivity contribution in [1.29, 1.82) is 0 Å². The van der Waals surface area contributed by atoms with E-state index in [1.54, 1.807) is 0 Å². The Hall–Kier alpha value is -1.48. The number of aromatic nitrogens is 1. The number of H-pyrrole nitrogens is 1. The van der Waals surface area contributed by atoms with Gasteiger partial charge < -0.3 is 9.88 Å². The van der Waals surface area contributed by atoms with Crippen LogP contribution in [-0.4, -0.2) is 23.3 Å². The predicted molar refractivity (Wildman–Crippen MR) is 69.5 cm³/mol. The van der Waals surface area contributed by atoms with E-state index < -0.39 is 0 Å². The van der Waals surface area contributed by atoms with Gasteiger partial charge in [-0.1, -0.05) is 0 Å². The van der Waals surface area contributed by atoms with Crippen molar-refractivity contribution in [2.75, 3.05) is 17.3 Å². The maximum Gasteiger partial charge on any atom is 0.227 e. The van der Waals surface area contributed by atoms with Crippen LogP contribution >= 0.6 is 11.6 Å². The summed E-state index contributed by atoms with van der Waals surface area (Å²) in [7, 11) is 0. The quantitative estimate of drug-likeness (QED) is 0.815. The van der Waals surface area contributed by atoms with Crippen LogP contribution in [0.3, 0.4) is 0 Å². The van der Waals surface area contributed by atoms with E-state index in [1.807, 2.05) is 35.4 Å². The topological polar surface area (TPSA) is 36.1 Å². The SMILES string of the molecule is O=C1CC(CCl)CN1c1ccc2[nH]ccc2c1. The van der Waals surface area contributed by atoms with E-state index >= 15 is 0 Å². The molecule has 3 rings (SSSR count). The van der Waals surface area contributed by atoms with Gasteiger partial charge in [0, 0.05) is 41.6 Å². The molecule has 0 bridgehead atoms. The average Bonchev–Trinajstić information content (AvgIpc) is 2.93. The minimum atomic E-state index is 0.172. The summed E-state index contributed by atoms with van der Waals surface area (Å²) < 4.78 is 0. The van der Waals surface area contributed by atoms with Crippen LogP contribution in [0.5, 0.6) is 0 Å². The second-order valence-electron chi connectivity index (χ2n) is 4.48. The number of hydrogen-bond donors (Lipinski definition) is 1. The first-order valence-electron chi connectivity index (χ1n) is 5.71. The summed E-state index contributed by atoms with van der Waals surface area (Å²) in [5.74, 6) is 1.01. The first-order valence-corrected chi connectivity index (χ1v) is 6.25. The summed E-state index contributed by atoms with van der Waals surface area (Å²) in [5.41, 5.74) is 2.06. The normalized spacial score (nSPS) is 20.4. The van der Waals surface area contributed by atoms with Crippen LogP contribution in [0.1, 0.15) is 6.42 Å². The summed E-state index contributed by atoms with van der Waals surface area (Å²) in [6, 6.07) is 8.04. The van der Waals surface area contributed by atoms with Crippen molar-refractivity contribution in [1.82, 2.24) is 4.98 Å². The number of halogens is 1. The highest BCUT2D eigenvalue weighted by atomic mass is 35.5. The molecule has 1 aliphatic heterocycles. The first-order chi connectivity index (χ1) is 8.28. The molecule has 17 heavy (non-hydrogen) atoms. The van der Waals surface area contributed by atoms with Gasteiger partial charge in [0.25, 0.3) is 0 Å². The fourth-order valence-corrected chi connectivity index (χ4v) is 2.55. The highest BCUT2D eigenvalue weighted by Crippen LogP contribution is 2.28. The molecule has 1 saturated heterocycles. The number of fused-ring (bicyclic) bond motifs is 1. The number of nitrogens with zero attached hydrogens (tertiary/aromatic N) is 1. The maximum atomic E-state index is 11.9. The number of rotatable bonds is 2. The van der Waals surface area contributed by atoms with E-state index in [2.05, 4.69) is 4.98 Å². The maximum absolute atomic E-state index is 11.9. The lowest BCUT2D eigenvalue weighted by molar-refractivity contribution is -0.117. The van der Waals surface area contributed by atoms with Crippen LogP contribution < -0.4 is 4.90 Å². The Bertz CT molecular complexity index is 563. The highest BCUT2D eigenvalue weighted by molar-refractivity contribution is 6.18. The third kappa shape index (κ3) is 1.80. The summed E-state index contributed by atoms with van der Waals surface area (Å²) in [6.07, 6.45) is 2.47. The van der Waals surface area contributed by atoms with Crippen molar-refractivity contribution >= 4 is 34.1 Å². The zero-order valence-corrected chi connectivity index (χ0v) is 10.1. The molecule has 1 aromatic heterocycles. The highest BCUT2D eigenvalue weighted by Gasteiger charge is 2.29. The molecule has 1 aromatic carbocycles. The number of amides is 1. The van der Waals surface area contributed by atoms with E-state index in [9.17, 15) is 4.79 Å². The molecule has 1 unspecified atom stereocenters. The molecule has 1 amide bonds. The van der Waals surface area contributed by atoms with E-state index in [0.717, 1.165) is 23.1 Å². The average molecular weight is 249 g/mol. The fraction of sp³-hybridized carbons (Fsp3) is 0.308. The molecule has 1 aliphatic rings. The lowest BCUT2D eigenvalue weighted by Crippen LogP contribution is -2.24. The Labute approximate surface area is 104 Å². The Morgan fingerprint density at radius 1 is 1.41 bits per heavy atom. The number of benzene rings is 1. The van der Waals surface area contributed by atoms with Gasteiger partial charge in [0.2, 0.25) is 5.91 Å². The molecule has 3 nitrogen and oxygen atoms in total. The second-order valence-corrected chi connectivity index (χ2v) is 4.79. The molecule has 0 aliphatic carbocycles. The van der Waals surface area contributed by atoms with Crippen molar-refractivity contribution in [3.8, 4) is 0 Å². The molecular formula is C13H13ClN2O. The second kappa shape index (κ2) is 4.08. The van der Waals surface area contributed by atoms with E-state index in [4.69, 9.17) is 11.6 Å². The molecule has 2 aromatic rings. The molecule has 4 heteroatoms. The van der Waals surface area contributed by atoms with E-state index in [-0.39, 0.29) is 11.8 Å². The standard InChI is InChI=1S/C13H13ClN2O/c14-7-9-5-13(17)16(8-9)11-1-2-12-10(6-11)3-4-15-12/h1-4,6,9,15H,5,7-8H2. The van der Waals surface area contributed by atoms with Gasteiger partial charge >= 0.3 is 0 Å².